The lowest BCUT2D eigenvalue weighted by Gasteiger charge is -2.14. The maximum absolute atomic E-state index is 13.2. The van der Waals surface area contributed by atoms with Crippen molar-refractivity contribution in [2.24, 2.45) is 0 Å². The lowest BCUT2D eigenvalue weighted by Crippen LogP contribution is -2.29. The van der Waals surface area contributed by atoms with Gasteiger partial charge in [0.15, 0.2) is 0 Å². The van der Waals surface area contributed by atoms with E-state index in [0.29, 0.717) is 34.5 Å². The standard InChI is InChI=1S/C34H36Cl2N8O4/c1-4-44-33(47)29(40-34(48)41-30-26(35)18-37-19-27(30)36)17-28(42-44)21-8-5-7-20(13-21)22-14-23(31(45)38-11-6-12-43(2)3)16-24(15-22)32(46)39-25-9-10-25/h5,7-8,13-19,25H,4,6,9-12H2,1-3H3,(H,38,45)(H,39,46)(H2,37,40,41,48). The van der Waals surface area contributed by atoms with Crippen molar-refractivity contribution in [3.05, 3.63) is 92.5 Å². The quantitative estimate of drug-likeness (QED) is 0.143. The molecule has 0 saturated heterocycles. The molecule has 2 aromatic carbocycles. The molecule has 14 heteroatoms. The Hall–Kier alpha value is -4.78. The maximum atomic E-state index is 13.2. The Balaban J connectivity index is 1.45. The highest BCUT2D eigenvalue weighted by atomic mass is 35.5. The fourth-order valence-corrected chi connectivity index (χ4v) is 5.35. The van der Waals surface area contributed by atoms with E-state index in [-0.39, 0.29) is 45.8 Å². The minimum absolute atomic E-state index is 0.0157. The molecule has 0 spiro atoms. The van der Waals surface area contributed by atoms with Gasteiger partial charge in [-0.05, 0) is 88.3 Å². The van der Waals surface area contributed by atoms with Gasteiger partial charge in [0.05, 0.1) is 21.4 Å². The van der Waals surface area contributed by atoms with Crippen LogP contribution in [0.4, 0.5) is 16.2 Å². The fraction of sp³-hybridized carbons (Fsp3) is 0.294. The molecular weight excluding hydrogens is 655 g/mol. The van der Waals surface area contributed by atoms with Crippen molar-refractivity contribution in [2.75, 3.05) is 37.8 Å². The third-order valence-corrected chi connectivity index (χ3v) is 8.12. The summed E-state index contributed by atoms with van der Waals surface area (Å²) in [6, 6.07) is 13.4. The number of hydrogen-bond donors (Lipinski definition) is 4. The average molecular weight is 692 g/mol. The summed E-state index contributed by atoms with van der Waals surface area (Å²) in [5, 5.41) is 15.9. The second-order valence-electron chi connectivity index (χ2n) is 11.7. The Kier molecular flexibility index (Phi) is 11.1. The van der Waals surface area contributed by atoms with Gasteiger partial charge in [0.2, 0.25) is 0 Å². The molecule has 5 rings (SSSR count). The van der Waals surface area contributed by atoms with Crippen LogP contribution in [0.5, 0.6) is 0 Å². The molecule has 0 unspecified atom stereocenters. The highest BCUT2D eigenvalue weighted by molar-refractivity contribution is 6.39. The first-order valence-corrected chi connectivity index (χ1v) is 16.3. The van der Waals surface area contributed by atoms with Crippen molar-refractivity contribution in [2.45, 2.75) is 38.8 Å². The molecule has 1 aliphatic rings. The zero-order chi connectivity index (χ0) is 34.4. The lowest BCUT2D eigenvalue weighted by atomic mass is 9.97. The summed E-state index contributed by atoms with van der Waals surface area (Å²) < 4.78 is 1.24. The van der Waals surface area contributed by atoms with Gasteiger partial charge in [0.1, 0.15) is 5.69 Å². The SMILES string of the molecule is CCn1nc(-c2cccc(-c3cc(C(=O)NCCCN(C)C)cc(C(=O)NC4CC4)c3)c2)cc(NC(=O)Nc2c(Cl)cncc2Cl)c1=O. The number of anilines is 2. The van der Waals surface area contributed by atoms with Crippen LogP contribution in [0.25, 0.3) is 22.4 Å². The van der Waals surface area contributed by atoms with Crippen molar-refractivity contribution in [3.63, 3.8) is 0 Å². The molecular formula is C34H36Cl2N8O4. The number of halogens is 2. The second-order valence-corrected chi connectivity index (χ2v) is 12.5. The van der Waals surface area contributed by atoms with Crippen LogP contribution in [-0.2, 0) is 6.54 Å². The van der Waals surface area contributed by atoms with Gasteiger partial charge in [-0.3, -0.25) is 19.4 Å². The van der Waals surface area contributed by atoms with Crippen LogP contribution in [0.15, 0.2) is 65.7 Å². The molecule has 0 aliphatic heterocycles. The van der Waals surface area contributed by atoms with Crippen LogP contribution >= 0.6 is 23.2 Å². The number of carbonyl (C=O) groups excluding carboxylic acids is 3. The molecule has 12 nitrogen and oxygen atoms in total. The van der Waals surface area contributed by atoms with Crippen LogP contribution in [0.3, 0.4) is 0 Å². The number of urea groups is 1. The van der Waals surface area contributed by atoms with Gasteiger partial charge in [0.25, 0.3) is 17.4 Å². The predicted molar refractivity (Wildman–Crippen MR) is 188 cm³/mol. The van der Waals surface area contributed by atoms with Gasteiger partial charge in [0, 0.05) is 48.2 Å². The first kappa shape index (κ1) is 34.6. The van der Waals surface area contributed by atoms with Gasteiger partial charge in [-0.1, -0.05) is 41.4 Å². The van der Waals surface area contributed by atoms with Crippen LogP contribution in [-0.4, -0.2) is 70.7 Å². The number of pyridine rings is 1. The normalized spacial score (nSPS) is 12.5. The van der Waals surface area contributed by atoms with Crippen LogP contribution in [0.2, 0.25) is 10.0 Å². The van der Waals surface area contributed by atoms with E-state index in [2.05, 4.69) is 31.3 Å². The molecule has 2 heterocycles. The van der Waals surface area contributed by atoms with Crippen molar-refractivity contribution >= 4 is 52.4 Å². The van der Waals surface area contributed by atoms with Crippen LogP contribution < -0.4 is 26.8 Å². The van der Waals surface area contributed by atoms with Gasteiger partial charge in [-0.25, -0.2) is 9.48 Å². The Morgan fingerprint density at radius 2 is 1.60 bits per heavy atom. The van der Waals surface area contributed by atoms with E-state index in [0.717, 1.165) is 31.4 Å². The first-order chi connectivity index (χ1) is 23.0. The number of aryl methyl sites for hydroxylation is 1. The summed E-state index contributed by atoms with van der Waals surface area (Å²) in [6.45, 7) is 3.34. The van der Waals surface area contributed by atoms with E-state index in [1.165, 1.54) is 23.1 Å². The van der Waals surface area contributed by atoms with E-state index in [1.54, 1.807) is 25.1 Å². The topological polar surface area (TPSA) is 150 Å². The molecule has 250 valence electrons. The molecule has 0 bridgehead atoms. The number of amides is 4. The Morgan fingerprint density at radius 3 is 2.27 bits per heavy atom. The molecule has 4 aromatic rings. The number of hydrogen-bond acceptors (Lipinski definition) is 7. The molecule has 48 heavy (non-hydrogen) atoms. The molecule has 1 aliphatic carbocycles. The third-order valence-electron chi connectivity index (χ3n) is 7.54. The molecule has 0 atom stereocenters. The van der Waals surface area contributed by atoms with E-state index in [4.69, 9.17) is 23.2 Å². The average Bonchev–Trinajstić information content (AvgIpc) is 3.89. The van der Waals surface area contributed by atoms with Gasteiger partial charge >= 0.3 is 6.03 Å². The summed E-state index contributed by atoms with van der Waals surface area (Å²) in [5.74, 6) is -0.510. The summed E-state index contributed by atoms with van der Waals surface area (Å²) in [7, 11) is 3.95. The maximum Gasteiger partial charge on any atom is 0.323 e. The molecule has 4 N–H and O–H groups in total. The van der Waals surface area contributed by atoms with Gasteiger partial charge in [-0.15, -0.1) is 0 Å². The Labute approximate surface area is 287 Å². The van der Waals surface area contributed by atoms with Gasteiger partial charge in [-0.2, -0.15) is 5.10 Å². The number of rotatable bonds is 12. The summed E-state index contributed by atoms with van der Waals surface area (Å²) in [6.07, 6.45) is 5.32. The first-order valence-electron chi connectivity index (χ1n) is 15.5. The van der Waals surface area contributed by atoms with Crippen molar-refractivity contribution < 1.29 is 14.4 Å². The summed E-state index contributed by atoms with van der Waals surface area (Å²) in [4.78, 5) is 58.2. The van der Waals surface area contributed by atoms with Gasteiger partial charge < -0.3 is 26.2 Å². The van der Waals surface area contributed by atoms with Crippen LogP contribution in [0.1, 0.15) is 46.9 Å². The Morgan fingerprint density at radius 1 is 0.917 bits per heavy atom. The molecule has 1 saturated carbocycles. The summed E-state index contributed by atoms with van der Waals surface area (Å²) >= 11 is 12.3. The van der Waals surface area contributed by atoms with E-state index in [9.17, 15) is 19.2 Å². The van der Waals surface area contributed by atoms with Crippen molar-refractivity contribution in [3.8, 4) is 22.4 Å². The van der Waals surface area contributed by atoms with Crippen molar-refractivity contribution in [1.82, 2.24) is 30.3 Å². The summed E-state index contributed by atoms with van der Waals surface area (Å²) in [5.41, 5.74) is 2.82. The zero-order valence-electron chi connectivity index (χ0n) is 26.8. The number of nitrogens with zero attached hydrogens (tertiary/aromatic N) is 4. The smallest absolute Gasteiger partial charge is 0.323 e. The Bertz CT molecular complexity index is 1890. The number of carbonyl (C=O) groups is 3. The lowest BCUT2D eigenvalue weighted by molar-refractivity contribution is 0.0950. The minimum atomic E-state index is -0.732. The largest absolute Gasteiger partial charge is 0.352 e. The molecule has 2 aromatic heterocycles. The predicted octanol–water partition coefficient (Wildman–Crippen LogP) is 5.52. The fourth-order valence-electron chi connectivity index (χ4n) is 4.89. The van der Waals surface area contributed by atoms with E-state index in [1.807, 2.05) is 43.3 Å². The van der Waals surface area contributed by atoms with E-state index >= 15 is 0 Å². The minimum Gasteiger partial charge on any atom is -0.352 e. The molecule has 1 fully saturated rings. The monoisotopic (exact) mass is 690 g/mol. The molecule has 4 amide bonds. The zero-order valence-corrected chi connectivity index (χ0v) is 28.3. The molecule has 0 radical (unpaired) electrons. The highest BCUT2D eigenvalue weighted by Crippen LogP contribution is 2.30. The third kappa shape index (κ3) is 8.77. The van der Waals surface area contributed by atoms with E-state index < -0.39 is 11.6 Å². The number of aromatic nitrogens is 3. The van der Waals surface area contributed by atoms with Crippen molar-refractivity contribution in [1.29, 1.82) is 0 Å². The number of nitrogens with one attached hydrogen (secondary N) is 4. The second kappa shape index (κ2) is 15.4. The highest BCUT2D eigenvalue weighted by Gasteiger charge is 2.25. The number of benzene rings is 2. The van der Waals surface area contributed by atoms with Crippen LogP contribution in [0, 0.1) is 0 Å².